The van der Waals surface area contributed by atoms with Crippen molar-refractivity contribution < 1.29 is 21.6 Å². The minimum absolute atomic E-state index is 0. The molecule has 0 unspecified atom stereocenters. The predicted octanol–water partition coefficient (Wildman–Crippen LogP) is -0.912. The van der Waals surface area contributed by atoms with E-state index < -0.39 is 5.91 Å². The number of carbonyl (C=O) groups is 1. The predicted molar refractivity (Wildman–Crippen MR) is 111 cm³/mol. The van der Waals surface area contributed by atoms with E-state index in [0.717, 1.165) is 23.8 Å². The lowest BCUT2D eigenvalue weighted by molar-refractivity contribution is -0.0000144. The molecule has 29 heavy (non-hydrogen) atoms. The van der Waals surface area contributed by atoms with Crippen LogP contribution in [0, 0.1) is 0 Å². The van der Waals surface area contributed by atoms with Crippen LogP contribution in [0.3, 0.4) is 0 Å². The van der Waals surface area contributed by atoms with Gasteiger partial charge in [-0.25, -0.2) is 15.4 Å². The largest absolute Gasteiger partial charge is 1.00 e. The molecule has 0 spiro atoms. The molecule has 0 saturated heterocycles. The van der Waals surface area contributed by atoms with Crippen molar-refractivity contribution in [2.24, 2.45) is 5.84 Å². The Morgan fingerprint density at radius 3 is 2.62 bits per heavy atom. The molecule has 0 saturated carbocycles. The van der Waals surface area contributed by atoms with Crippen LogP contribution in [0.2, 0.25) is 0 Å². The first-order valence-electron chi connectivity index (χ1n) is 9.22. The highest BCUT2D eigenvalue weighted by molar-refractivity contribution is 6.18. The van der Waals surface area contributed by atoms with Crippen LogP contribution in [-0.2, 0) is 0 Å². The van der Waals surface area contributed by atoms with E-state index in [0.29, 0.717) is 39.2 Å². The first-order valence-corrected chi connectivity index (χ1v) is 9.22. The number of nitrogens with zero attached hydrogens (tertiary/aromatic N) is 2. The molecular formula is C21H22ClN5O2. The van der Waals surface area contributed by atoms with Gasteiger partial charge in [-0.15, -0.1) is 0 Å². The number of rotatable bonds is 3. The summed E-state index contributed by atoms with van der Waals surface area (Å²) in [5.74, 6) is 5.62. The number of hydrogen-bond donors (Lipinski definition) is 3. The molecule has 8 heteroatoms. The van der Waals surface area contributed by atoms with Crippen LogP contribution < -0.4 is 39.3 Å². The van der Waals surface area contributed by atoms with Gasteiger partial charge in [-0.3, -0.25) is 10.2 Å². The number of halogens is 1. The van der Waals surface area contributed by atoms with Gasteiger partial charge in [-0.2, -0.15) is 0 Å². The number of hydrazine groups is 1. The summed E-state index contributed by atoms with van der Waals surface area (Å²) in [7, 11) is 0. The standard InChI is InChI=1S/C21H21N5O2.ClH/c1-3-26(4-2)12-8-9-16-17(10-12)28-18-11-15(22)13-6-5-7-14(21(27)25-23)19(13)20(18)24-16;/h5-11H,3-4H2,1-2H3,(H4,22,23,24,25,27);1H. The first-order chi connectivity index (χ1) is 13.6. The third kappa shape index (κ3) is 3.39. The summed E-state index contributed by atoms with van der Waals surface area (Å²) in [6.45, 7) is 6.02. The molecule has 0 bridgehead atoms. The minimum Gasteiger partial charge on any atom is -1.00 e. The molecule has 7 nitrogen and oxygen atoms in total. The zero-order valence-electron chi connectivity index (χ0n) is 16.2. The molecule has 1 amide bonds. The second kappa shape index (κ2) is 8.06. The van der Waals surface area contributed by atoms with E-state index in [9.17, 15) is 4.79 Å². The number of hydrogen-bond acceptors (Lipinski definition) is 5. The topological polar surface area (TPSA) is 110 Å². The number of nitrogens with two attached hydrogens (primary N) is 2. The molecule has 2 aromatic rings. The zero-order chi connectivity index (χ0) is 19.8. The third-order valence-electron chi connectivity index (χ3n) is 5.03. The fourth-order valence-electron chi connectivity index (χ4n) is 3.62. The van der Waals surface area contributed by atoms with Crippen LogP contribution in [0.4, 0.5) is 5.69 Å². The number of aromatic nitrogens is 1. The van der Waals surface area contributed by atoms with Crippen LogP contribution in [0.25, 0.3) is 33.3 Å². The lowest BCUT2D eigenvalue weighted by atomic mass is 10.0. The average molecular weight is 412 g/mol. The number of fused-ring (bicyclic) bond motifs is 4. The van der Waals surface area contributed by atoms with Crippen LogP contribution in [0.5, 0.6) is 0 Å². The van der Waals surface area contributed by atoms with Crippen molar-refractivity contribution in [1.29, 1.82) is 0 Å². The molecule has 2 aromatic carbocycles. The van der Waals surface area contributed by atoms with E-state index in [1.165, 1.54) is 0 Å². The Hall–Kier alpha value is -3.16. The van der Waals surface area contributed by atoms with E-state index in [-0.39, 0.29) is 12.4 Å². The van der Waals surface area contributed by atoms with Gasteiger partial charge in [0.1, 0.15) is 24.3 Å². The van der Waals surface area contributed by atoms with E-state index in [1.54, 1.807) is 18.2 Å². The van der Waals surface area contributed by atoms with Crippen molar-refractivity contribution in [3.05, 3.63) is 53.4 Å². The first kappa shape index (κ1) is 20.6. The van der Waals surface area contributed by atoms with Crippen LogP contribution in [-0.4, -0.2) is 24.0 Å². The third-order valence-corrected chi connectivity index (χ3v) is 5.03. The smallest absolute Gasteiger partial charge is 0.265 e. The summed E-state index contributed by atoms with van der Waals surface area (Å²) in [6.07, 6.45) is 0. The number of benzene rings is 3. The second-order valence-electron chi connectivity index (χ2n) is 6.55. The van der Waals surface area contributed by atoms with Crippen molar-refractivity contribution in [3.63, 3.8) is 0 Å². The summed E-state index contributed by atoms with van der Waals surface area (Å²) in [6, 6.07) is 13.0. The highest BCUT2D eigenvalue weighted by Crippen LogP contribution is 2.34. The molecule has 1 heterocycles. The summed E-state index contributed by atoms with van der Waals surface area (Å²) in [5.41, 5.74) is 11.1. The molecule has 1 aliphatic carbocycles. The quantitative estimate of drug-likeness (QED) is 0.0768. The molecule has 0 atom stereocenters. The van der Waals surface area contributed by atoms with Gasteiger partial charge in [0.05, 0.1) is 11.6 Å². The van der Waals surface area contributed by atoms with Gasteiger partial charge in [0.2, 0.25) is 5.36 Å². The average Bonchev–Trinajstić information content (AvgIpc) is 2.72. The Balaban J connectivity index is 0.00000240. The molecule has 2 aliphatic rings. The number of anilines is 1. The Bertz CT molecular complexity index is 1260. The molecule has 150 valence electrons. The van der Waals surface area contributed by atoms with Gasteiger partial charge >= 0.3 is 0 Å². The second-order valence-corrected chi connectivity index (χ2v) is 6.55. The fraction of sp³-hybridized carbons (Fsp3) is 0.190. The fourth-order valence-corrected chi connectivity index (χ4v) is 3.62. The molecule has 0 fully saturated rings. The Morgan fingerprint density at radius 2 is 1.93 bits per heavy atom. The monoisotopic (exact) mass is 411 g/mol. The Morgan fingerprint density at radius 1 is 1.17 bits per heavy atom. The maximum absolute atomic E-state index is 12.3. The van der Waals surface area contributed by atoms with Gasteiger partial charge in [0.15, 0.2) is 11.3 Å². The summed E-state index contributed by atoms with van der Waals surface area (Å²) in [4.78, 5) is 17.1. The maximum Gasteiger partial charge on any atom is 0.265 e. The summed E-state index contributed by atoms with van der Waals surface area (Å²) in [5, 5.41) is 2.42. The van der Waals surface area contributed by atoms with E-state index >= 15 is 0 Å². The molecule has 1 aliphatic heterocycles. The van der Waals surface area contributed by atoms with Gasteiger partial charge in [-0.1, -0.05) is 12.1 Å². The van der Waals surface area contributed by atoms with Gasteiger partial charge in [0.25, 0.3) is 5.91 Å². The normalized spacial score (nSPS) is 10.9. The van der Waals surface area contributed by atoms with E-state index in [2.05, 4.69) is 23.8 Å². The van der Waals surface area contributed by atoms with Crippen LogP contribution >= 0.6 is 0 Å². The van der Waals surface area contributed by atoms with Crippen molar-refractivity contribution in [3.8, 4) is 11.5 Å². The highest BCUT2D eigenvalue weighted by Gasteiger charge is 2.18. The molecule has 0 aromatic heterocycles. The molecule has 4 rings (SSSR count). The highest BCUT2D eigenvalue weighted by atomic mass is 35.5. The molecule has 0 radical (unpaired) electrons. The lowest BCUT2D eigenvalue weighted by Crippen LogP contribution is -3.00. The van der Waals surface area contributed by atoms with Crippen molar-refractivity contribution in [2.45, 2.75) is 13.8 Å². The summed E-state index contributed by atoms with van der Waals surface area (Å²) < 4.78 is 8.38. The molecule has 5 N–H and O–H groups in total. The Labute approximate surface area is 173 Å². The number of nitrogens with one attached hydrogen (secondary N) is 1. The van der Waals surface area contributed by atoms with Crippen molar-refractivity contribution >= 4 is 33.5 Å². The van der Waals surface area contributed by atoms with Gasteiger partial charge in [0, 0.05) is 28.6 Å². The minimum atomic E-state index is -0.406. The van der Waals surface area contributed by atoms with Crippen LogP contribution in [0.1, 0.15) is 24.2 Å². The Kier molecular flexibility index (Phi) is 5.72. The molecular weight excluding hydrogens is 390 g/mol. The number of carbonyl (C=O) groups excluding carboxylic acids is 1. The maximum atomic E-state index is 12.3. The van der Waals surface area contributed by atoms with Crippen molar-refractivity contribution in [1.82, 2.24) is 15.0 Å². The summed E-state index contributed by atoms with van der Waals surface area (Å²) >= 11 is 0. The van der Waals surface area contributed by atoms with Crippen LogP contribution in [0.15, 0.2) is 46.9 Å². The van der Waals surface area contributed by atoms with Crippen molar-refractivity contribution in [2.75, 3.05) is 18.8 Å². The van der Waals surface area contributed by atoms with Gasteiger partial charge < -0.3 is 22.6 Å². The zero-order valence-corrected chi connectivity index (χ0v) is 17.0. The SMILES string of the molecule is CC[N+](CC)=c1ccc2nc3c(cc(N)c4cccc(C(=O)NN)c43)oc-2c1.[Cl-]. The lowest BCUT2D eigenvalue weighted by Gasteiger charge is -2.12. The van der Waals surface area contributed by atoms with Gasteiger partial charge in [-0.05, 0) is 26.0 Å². The number of nitrogen functional groups attached to an aromatic ring is 2. The number of amides is 1. The van der Waals surface area contributed by atoms with E-state index in [1.807, 2.05) is 24.3 Å². The van der Waals surface area contributed by atoms with E-state index in [4.69, 9.17) is 21.0 Å².